The molecule has 2 amide bonds. The fourth-order valence-electron chi connectivity index (χ4n) is 3.82. The van der Waals surface area contributed by atoms with E-state index < -0.39 is 5.91 Å². The third kappa shape index (κ3) is 5.67. The van der Waals surface area contributed by atoms with Crippen LogP contribution in [0, 0.1) is 0 Å². The van der Waals surface area contributed by atoms with E-state index in [4.69, 9.17) is 19.2 Å². The molecule has 4 aromatic rings. The van der Waals surface area contributed by atoms with Gasteiger partial charge in [0.05, 0.1) is 44.3 Å². The van der Waals surface area contributed by atoms with Crippen molar-refractivity contribution in [3.8, 4) is 28.5 Å². The second-order valence-corrected chi connectivity index (χ2v) is 7.99. The van der Waals surface area contributed by atoms with E-state index in [1.807, 2.05) is 24.3 Å². The zero-order chi connectivity index (χ0) is 26.4. The molecule has 0 bridgehead atoms. The van der Waals surface area contributed by atoms with E-state index in [1.165, 1.54) is 20.2 Å². The largest absolute Gasteiger partial charge is 0.493 e. The Kier molecular flexibility index (Phi) is 7.63. The van der Waals surface area contributed by atoms with Crippen molar-refractivity contribution >= 4 is 34.6 Å². The van der Waals surface area contributed by atoms with Gasteiger partial charge >= 0.3 is 0 Å². The van der Waals surface area contributed by atoms with Crippen LogP contribution in [0.2, 0.25) is 0 Å². The molecule has 0 aliphatic carbocycles. The van der Waals surface area contributed by atoms with Crippen molar-refractivity contribution in [1.29, 1.82) is 0 Å². The van der Waals surface area contributed by atoms with Crippen molar-refractivity contribution < 1.29 is 23.8 Å². The predicted octanol–water partition coefficient (Wildman–Crippen LogP) is 4.65. The van der Waals surface area contributed by atoms with Crippen LogP contribution in [-0.2, 0) is 4.79 Å². The highest BCUT2D eigenvalue weighted by Crippen LogP contribution is 2.41. The Morgan fingerprint density at radius 2 is 1.57 bits per heavy atom. The lowest BCUT2D eigenvalue weighted by atomic mass is 10.0. The minimum Gasteiger partial charge on any atom is -0.493 e. The second-order valence-electron chi connectivity index (χ2n) is 7.99. The first kappa shape index (κ1) is 25.2. The van der Waals surface area contributed by atoms with Gasteiger partial charge < -0.3 is 19.5 Å². The topological polar surface area (TPSA) is 111 Å². The number of benzene rings is 3. The third-order valence-electron chi connectivity index (χ3n) is 5.53. The van der Waals surface area contributed by atoms with Crippen LogP contribution in [0.5, 0.6) is 17.2 Å². The molecule has 0 aliphatic heterocycles. The molecule has 0 aliphatic rings. The molecule has 9 nitrogen and oxygen atoms in total. The van der Waals surface area contributed by atoms with Crippen LogP contribution in [0.25, 0.3) is 22.2 Å². The Labute approximate surface area is 214 Å². The van der Waals surface area contributed by atoms with Crippen LogP contribution in [0.1, 0.15) is 22.8 Å². The average molecular weight is 499 g/mol. The monoisotopic (exact) mass is 498 g/mol. The zero-order valence-corrected chi connectivity index (χ0v) is 20.9. The molecular formula is C28H26N4O5. The zero-order valence-electron chi connectivity index (χ0n) is 20.9. The number of carbonyl (C=O) groups is 2. The van der Waals surface area contributed by atoms with Crippen molar-refractivity contribution in [2.24, 2.45) is 5.10 Å². The van der Waals surface area contributed by atoms with E-state index in [0.717, 1.165) is 5.56 Å². The Morgan fingerprint density at radius 1 is 0.892 bits per heavy atom. The first-order chi connectivity index (χ1) is 17.9. The van der Waals surface area contributed by atoms with Gasteiger partial charge in [-0.25, -0.2) is 10.4 Å². The van der Waals surface area contributed by atoms with Crippen LogP contribution in [-0.4, -0.2) is 44.3 Å². The lowest BCUT2D eigenvalue weighted by Gasteiger charge is -2.15. The van der Waals surface area contributed by atoms with Gasteiger partial charge in [0.1, 0.15) is 0 Å². The minimum absolute atomic E-state index is 0.149. The smallest absolute Gasteiger partial charge is 0.272 e. The maximum atomic E-state index is 13.2. The first-order valence-corrected chi connectivity index (χ1v) is 11.3. The summed E-state index contributed by atoms with van der Waals surface area (Å²) in [6.45, 7) is 1.45. The molecule has 0 atom stereocenters. The first-order valence-electron chi connectivity index (χ1n) is 11.3. The molecule has 0 unspecified atom stereocenters. The normalized spacial score (nSPS) is 10.8. The van der Waals surface area contributed by atoms with Crippen molar-refractivity contribution in [1.82, 2.24) is 10.4 Å². The molecule has 4 rings (SSSR count). The third-order valence-corrected chi connectivity index (χ3v) is 5.53. The Hall–Kier alpha value is -4.92. The van der Waals surface area contributed by atoms with Gasteiger partial charge in [-0.2, -0.15) is 5.10 Å². The number of amides is 2. The molecule has 0 saturated heterocycles. The summed E-state index contributed by atoms with van der Waals surface area (Å²) in [6, 6.07) is 19.7. The van der Waals surface area contributed by atoms with Crippen LogP contribution in [0.3, 0.4) is 0 Å². The van der Waals surface area contributed by atoms with Crippen molar-refractivity contribution in [3.05, 3.63) is 77.9 Å². The lowest BCUT2D eigenvalue weighted by molar-refractivity contribution is -0.114. The summed E-state index contributed by atoms with van der Waals surface area (Å²) in [7, 11) is 4.62. The second kappa shape index (κ2) is 11.2. The summed E-state index contributed by atoms with van der Waals surface area (Å²) >= 11 is 0. The number of hydrogen-bond donors (Lipinski definition) is 2. The highest BCUT2D eigenvalue weighted by atomic mass is 16.5. The van der Waals surface area contributed by atoms with Crippen molar-refractivity contribution in [2.45, 2.75) is 6.92 Å². The van der Waals surface area contributed by atoms with E-state index in [2.05, 4.69) is 15.8 Å². The fourth-order valence-corrected chi connectivity index (χ4v) is 3.82. The fraction of sp³-hybridized carbons (Fsp3) is 0.143. The van der Waals surface area contributed by atoms with Gasteiger partial charge in [-0.3, -0.25) is 9.59 Å². The number of fused-ring (bicyclic) bond motifs is 1. The number of pyridine rings is 1. The van der Waals surface area contributed by atoms with Crippen molar-refractivity contribution in [3.63, 3.8) is 0 Å². The number of ether oxygens (including phenoxy) is 3. The van der Waals surface area contributed by atoms with E-state index in [0.29, 0.717) is 50.7 Å². The molecule has 3 aromatic carbocycles. The summed E-state index contributed by atoms with van der Waals surface area (Å²) < 4.78 is 16.4. The molecule has 37 heavy (non-hydrogen) atoms. The van der Waals surface area contributed by atoms with E-state index in [1.54, 1.807) is 56.7 Å². The van der Waals surface area contributed by atoms with Crippen LogP contribution in [0.4, 0.5) is 5.69 Å². The Bertz CT molecular complexity index is 1460. The number of aromatic nitrogens is 1. The SMILES string of the molecule is COc1cc(-c2cc(C(=O)N/N=C/c3ccc(NC(C)=O)cc3)c3ccccc3n2)cc(OC)c1OC. The number of carbonyl (C=O) groups excluding carboxylic acids is 2. The predicted molar refractivity (Wildman–Crippen MR) is 143 cm³/mol. The Morgan fingerprint density at radius 3 is 2.19 bits per heavy atom. The van der Waals surface area contributed by atoms with Crippen LogP contribution < -0.4 is 25.0 Å². The molecule has 0 saturated carbocycles. The van der Waals surface area contributed by atoms with Crippen LogP contribution >= 0.6 is 0 Å². The standard InChI is InChI=1S/C28H26N4O5/c1-17(33)30-20-11-9-18(10-12-20)16-29-32-28(34)22-15-24(31-23-8-6-5-7-21(22)23)19-13-25(35-2)27(37-4)26(14-19)36-3/h5-16H,1-4H3,(H,30,33)(H,32,34)/b29-16+. The highest BCUT2D eigenvalue weighted by Gasteiger charge is 2.18. The van der Waals surface area contributed by atoms with Gasteiger partial charge in [0.25, 0.3) is 5.91 Å². The minimum atomic E-state index is -0.390. The molecule has 0 fully saturated rings. The quantitative estimate of drug-likeness (QED) is 0.270. The average Bonchev–Trinajstić information content (AvgIpc) is 2.92. The van der Waals surface area contributed by atoms with Crippen molar-refractivity contribution in [2.75, 3.05) is 26.6 Å². The Balaban J connectivity index is 1.66. The molecule has 1 aromatic heterocycles. The molecular weight excluding hydrogens is 472 g/mol. The number of anilines is 1. The maximum absolute atomic E-state index is 13.2. The summed E-state index contributed by atoms with van der Waals surface area (Å²) in [5, 5.41) is 7.49. The van der Waals surface area contributed by atoms with E-state index >= 15 is 0 Å². The van der Waals surface area contributed by atoms with Crippen LogP contribution in [0.15, 0.2) is 71.8 Å². The summed E-state index contributed by atoms with van der Waals surface area (Å²) in [5.74, 6) is 0.883. The number of nitrogens with zero attached hydrogens (tertiary/aromatic N) is 2. The number of hydrazone groups is 1. The molecule has 0 radical (unpaired) electrons. The van der Waals surface area contributed by atoms with E-state index in [-0.39, 0.29) is 5.91 Å². The number of hydrogen-bond acceptors (Lipinski definition) is 7. The van der Waals surface area contributed by atoms with E-state index in [9.17, 15) is 9.59 Å². The van der Waals surface area contributed by atoms with Gasteiger partial charge in [-0.05, 0) is 42.0 Å². The van der Waals surface area contributed by atoms with Gasteiger partial charge in [0, 0.05) is 23.6 Å². The summed E-state index contributed by atoms with van der Waals surface area (Å²) in [5.41, 5.74) is 6.33. The van der Waals surface area contributed by atoms with Gasteiger partial charge in [0.15, 0.2) is 11.5 Å². The number of nitrogens with one attached hydrogen (secondary N) is 2. The molecule has 0 spiro atoms. The number of rotatable bonds is 8. The number of methoxy groups -OCH3 is 3. The molecule has 1 heterocycles. The summed E-state index contributed by atoms with van der Waals surface area (Å²) in [4.78, 5) is 29.1. The lowest BCUT2D eigenvalue weighted by Crippen LogP contribution is -2.18. The molecule has 188 valence electrons. The maximum Gasteiger partial charge on any atom is 0.272 e. The molecule has 9 heteroatoms. The highest BCUT2D eigenvalue weighted by molar-refractivity contribution is 6.07. The number of para-hydroxylation sites is 1. The van der Waals surface area contributed by atoms with Gasteiger partial charge in [0.2, 0.25) is 11.7 Å². The van der Waals surface area contributed by atoms with Gasteiger partial charge in [-0.1, -0.05) is 30.3 Å². The summed E-state index contributed by atoms with van der Waals surface area (Å²) in [6.07, 6.45) is 1.53. The van der Waals surface area contributed by atoms with Gasteiger partial charge in [-0.15, -0.1) is 0 Å². The molecule has 2 N–H and O–H groups in total.